The number of nitrogens with one attached hydrogen (secondary N) is 1. The van der Waals surface area contributed by atoms with E-state index in [2.05, 4.69) is 30.1 Å². The van der Waals surface area contributed by atoms with Crippen molar-refractivity contribution in [3.8, 4) is 5.75 Å². The zero-order valence-corrected chi connectivity index (χ0v) is 18.5. The third-order valence-electron chi connectivity index (χ3n) is 5.27. The smallest absolute Gasteiger partial charge is 0.262 e. The highest BCUT2D eigenvalue weighted by Crippen LogP contribution is 2.22. The molecule has 1 amide bonds. The molecule has 2 aromatic heterocycles. The molecule has 4 rings (SSSR count). The Kier molecular flexibility index (Phi) is 6.99. The number of hydrogen-bond acceptors (Lipinski definition) is 8. The fourth-order valence-electron chi connectivity index (χ4n) is 3.54. The first-order valence-corrected chi connectivity index (χ1v) is 10.8. The maximum absolute atomic E-state index is 12.3. The van der Waals surface area contributed by atoms with Crippen molar-refractivity contribution < 1.29 is 14.6 Å². The van der Waals surface area contributed by atoms with Crippen LogP contribution in [0.15, 0.2) is 36.5 Å². The normalized spacial score (nSPS) is 14.5. The van der Waals surface area contributed by atoms with Crippen molar-refractivity contribution in [2.75, 3.05) is 56.2 Å². The van der Waals surface area contributed by atoms with E-state index in [4.69, 9.17) is 21.4 Å². The van der Waals surface area contributed by atoms with E-state index >= 15 is 0 Å². The molecule has 1 aliphatic heterocycles. The minimum atomic E-state index is -0.294. The summed E-state index contributed by atoms with van der Waals surface area (Å²) in [6, 6.07) is 8.64. The fourth-order valence-corrected chi connectivity index (χ4v) is 3.67. The fraction of sp³-hybridized carbons (Fsp3) is 0.364. The molecule has 168 valence electrons. The summed E-state index contributed by atoms with van der Waals surface area (Å²) in [7, 11) is 0. The summed E-state index contributed by atoms with van der Waals surface area (Å²) >= 11 is 5.85. The highest BCUT2D eigenvalue weighted by Gasteiger charge is 2.20. The minimum absolute atomic E-state index is 0.129. The summed E-state index contributed by atoms with van der Waals surface area (Å²) in [5.74, 6) is 0.923. The van der Waals surface area contributed by atoms with E-state index in [9.17, 15) is 4.79 Å². The molecule has 3 aromatic rings. The van der Waals surface area contributed by atoms with Crippen LogP contribution in [-0.2, 0) is 4.79 Å². The van der Waals surface area contributed by atoms with Crippen molar-refractivity contribution in [1.82, 2.24) is 19.9 Å². The van der Waals surface area contributed by atoms with E-state index in [0.717, 1.165) is 37.3 Å². The molecule has 0 aliphatic carbocycles. The van der Waals surface area contributed by atoms with Crippen LogP contribution in [0.5, 0.6) is 5.75 Å². The van der Waals surface area contributed by atoms with Gasteiger partial charge >= 0.3 is 0 Å². The van der Waals surface area contributed by atoms with Gasteiger partial charge in [-0.05, 0) is 37.3 Å². The number of β-amino-alcohol motifs (C(OH)–C–C–N with tert-alkyl or cyclic N) is 1. The van der Waals surface area contributed by atoms with Gasteiger partial charge in [-0.25, -0.2) is 9.97 Å². The van der Waals surface area contributed by atoms with Gasteiger partial charge in [0.2, 0.25) is 5.95 Å². The van der Waals surface area contributed by atoms with Crippen LogP contribution in [0.1, 0.15) is 5.69 Å². The first-order chi connectivity index (χ1) is 15.5. The molecule has 0 spiro atoms. The number of fused-ring (bicyclic) bond motifs is 1. The lowest BCUT2D eigenvalue weighted by molar-refractivity contribution is -0.118. The molecular weight excluding hydrogens is 432 g/mol. The van der Waals surface area contributed by atoms with E-state index in [1.165, 1.54) is 0 Å². The Morgan fingerprint density at radius 1 is 1.19 bits per heavy atom. The average molecular weight is 457 g/mol. The van der Waals surface area contributed by atoms with Crippen LogP contribution in [0.4, 0.5) is 11.6 Å². The molecule has 0 atom stereocenters. The Hall–Kier alpha value is -3.01. The van der Waals surface area contributed by atoms with Gasteiger partial charge in [-0.1, -0.05) is 11.6 Å². The molecule has 0 unspecified atom stereocenters. The number of piperazine rings is 1. The largest absolute Gasteiger partial charge is 0.484 e. The quantitative estimate of drug-likeness (QED) is 0.557. The van der Waals surface area contributed by atoms with E-state index < -0.39 is 0 Å². The molecule has 0 bridgehead atoms. The molecule has 3 heterocycles. The Balaban J connectivity index is 1.40. The van der Waals surface area contributed by atoms with Crippen LogP contribution >= 0.6 is 11.6 Å². The number of carbonyl (C=O) groups is 1. The van der Waals surface area contributed by atoms with Crippen LogP contribution in [-0.4, -0.2) is 76.8 Å². The van der Waals surface area contributed by atoms with Crippen LogP contribution in [0.3, 0.4) is 0 Å². The number of aromatic nitrogens is 3. The average Bonchev–Trinajstić information content (AvgIpc) is 2.80. The number of halogens is 1. The van der Waals surface area contributed by atoms with Gasteiger partial charge in [0.05, 0.1) is 24.2 Å². The van der Waals surface area contributed by atoms with Gasteiger partial charge < -0.3 is 20.1 Å². The lowest BCUT2D eigenvalue weighted by Gasteiger charge is -2.34. The molecule has 1 aliphatic rings. The number of aliphatic hydroxyl groups is 1. The number of rotatable bonds is 7. The topological polar surface area (TPSA) is 104 Å². The third kappa shape index (κ3) is 5.42. The predicted octanol–water partition coefficient (Wildman–Crippen LogP) is 2.12. The van der Waals surface area contributed by atoms with Gasteiger partial charge in [0.25, 0.3) is 5.91 Å². The summed E-state index contributed by atoms with van der Waals surface area (Å²) in [5.41, 5.74) is 1.93. The van der Waals surface area contributed by atoms with Crippen molar-refractivity contribution >= 4 is 40.2 Å². The standard InChI is InChI=1S/C22H25ClN6O3/c1-15-19-12-17(26-20(31)14-32-18-4-2-16(23)3-5-18)13-24-21(19)27-22(25-15)29-8-6-28(7-9-29)10-11-30/h2-5,12-13,30H,6-11,14H2,1H3,(H,26,31). The first-order valence-electron chi connectivity index (χ1n) is 10.4. The van der Waals surface area contributed by atoms with Crippen molar-refractivity contribution in [3.63, 3.8) is 0 Å². The van der Waals surface area contributed by atoms with Crippen LogP contribution in [0, 0.1) is 6.92 Å². The molecule has 2 N–H and O–H groups in total. The number of ether oxygens (including phenoxy) is 1. The second-order valence-electron chi connectivity index (χ2n) is 7.55. The van der Waals surface area contributed by atoms with Crippen LogP contribution in [0.25, 0.3) is 11.0 Å². The van der Waals surface area contributed by atoms with Gasteiger partial charge in [-0.3, -0.25) is 9.69 Å². The number of nitrogens with zero attached hydrogens (tertiary/aromatic N) is 5. The van der Waals surface area contributed by atoms with Gasteiger partial charge in [0, 0.05) is 43.1 Å². The Bertz CT molecular complexity index is 1090. The number of benzene rings is 1. The van der Waals surface area contributed by atoms with Gasteiger partial charge in [-0.15, -0.1) is 0 Å². The van der Waals surface area contributed by atoms with Crippen LogP contribution in [0.2, 0.25) is 5.02 Å². The van der Waals surface area contributed by atoms with Crippen molar-refractivity contribution in [3.05, 3.63) is 47.2 Å². The first kappa shape index (κ1) is 22.2. The molecule has 1 saturated heterocycles. The summed E-state index contributed by atoms with van der Waals surface area (Å²) in [4.78, 5) is 30.3. The SMILES string of the molecule is Cc1nc(N2CCN(CCO)CC2)nc2ncc(NC(=O)COc3ccc(Cl)cc3)cc12. The lowest BCUT2D eigenvalue weighted by Crippen LogP contribution is -2.47. The van der Waals surface area contributed by atoms with Crippen LogP contribution < -0.4 is 15.0 Å². The molecule has 10 heteroatoms. The second kappa shape index (κ2) is 10.1. The zero-order valence-electron chi connectivity index (χ0n) is 17.8. The van der Waals surface area contributed by atoms with E-state index in [-0.39, 0.29) is 19.1 Å². The molecule has 1 aromatic carbocycles. The molecule has 32 heavy (non-hydrogen) atoms. The third-order valence-corrected chi connectivity index (χ3v) is 5.52. The predicted molar refractivity (Wildman–Crippen MR) is 123 cm³/mol. The maximum atomic E-state index is 12.3. The van der Waals surface area contributed by atoms with Crippen molar-refractivity contribution in [2.24, 2.45) is 0 Å². The maximum Gasteiger partial charge on any atom is 0.262 e. The monoisotopic (exact) mass is 456 g/mol. The van der Waals surface area contributed by atoms with Gasteiger partial charge in [0.1, 0.15) is 5.75 Å². The Labute approximate surface area is 191 Å². The number of carbonyl (C=O) groups excluding carboxylic acids is 1. The summed E-state index contributed by atoms with van der Waals surface area (Å²) < 4.78 is 5.47. The summed E-state index contributed by atoms with van der Waals surface area (Å²) in [5, 5.41) is 13.3. The number of aryl methyl sites for hydroxylation is 1. The van der Waals surface area contributed by atoms with Gasteiger partial charge in [0.15, 0.2) is 12.3 Å². The number of aliphatic hydroxyl groups excluding tert-OH is 1. The Morgan fingerprint density at radius 3 is 2.66 bits per heavy atom. The highest BCUT2D eigenvalue weighted by atomic mass is 35.5. The molecule has 0 radical (unpaired) electrons. The number of pyridine rings is 1. The van der Waals surface area contributed by atoms with E-state index in [0.29, 0.717) is 34.6 Å². The highest BCUT2D eigenvalue weighted by molar-refractivity contribution is 6.30. The second-order valence-corrected chi connectivity index (χ2v) is 7.98. The lowest BCUT2D eigenvalue weighted by atomic mass is 10.2. The molecule has 1 fully saturated rings. The van der Waals surface area contributed by atoms with E-state index in [1.54, 1.807) is 30.5 Å². The van der Waals surface area contributed by atoms with Gasteiger partial charge in [-0.2, -0.15) is 4.98 Å². The molecule has 9 nitrogen and oxygen atoms in total. The number of hydrogen-bond donors (Lipinski definition) is 2. The van der Waals surface area contributed by atoms with E-state index in [1.807, 2.05) is 13.0 Å². The Morgan fingerprint density at radius 2 is 1.94 bits per heavy atom. The van der Waals surface area contributed by atoms with Crippen molar-refractivity contribution in [2.45, 2.75) is 6.92 Å². The summed E-state index contributed by atoms with van der Waals surface area (Å²) in [6.07, 6.45) is 1.58. The summed E-state index contributed by atoms with van der Waals surface area (Å²) in [6.45, 7) is 5.95. The minimum Gasteiger partial charge on any atom is -0.484 e. The molecular formula is C22H25ClN6O3. The number of amides is 1. The molecule has 0 saturated carbocycles. The van der Waals surface area contributed by atoms with Crippen molar-refractivity contribution in [1.29, 1.82) is 0 Å². The zero-order chi connectivity index (χ0) is 22.5. The number of anilines is 2.